The highest BCUT2D eigenvalue weighted by Crippen LogP contribution is 2.31. The molecule has 2 heterocycles. The zero-order chi connectivity index (χ0) is 15.5. The fraction of sp³-hybridized carbons (Fsp3) is 0.412. The third-order valence-corrected chi connectivity index (χ3v) is 4.35. The van der Waals surface area contributed by atoms with E-state index in [1.54, 1.807) is 18.3 Å². The summed E-state index contributed by atoms with van der Waals surface area (Å²) in [6.07, 6.45) is 5.83. The van der Waals surface area contributed by atoms with Gasteiger partial charge in [0.05, 0.1) is 5.56 Å². The number of fused-ring (bicyclic) bond motifs is 1. The number of rotatable bonds is 4. The quantitative estimate of drug-likeness (QED) is 0.908. The predicted molar refractivity (Wildman–Crippen MR) is 85.4 cm³/mol. The third-order valence-electron chi connectivity index (χ3n) is 4.35. The minimum absolute atomic E-state index is 0.176. The molecule has 5 heteroatoms. The van der Waals surface area contributed by atoms with E-state index < -0.39 is 5.97 Å². The molecule has 3 rings (SSSR count). The Bertz CT molecular complexity index is 685. The largest absolute Gasteiger partial charge is 0.478 e. The summed E-state index contributed by atoms with van der Waals surface area (Å²) in [5.74, 6) is -0.0241. The molecule has 116 valence electrons. The van der Waals surface area contributed by atoms with Crippen molar-refractivity contribution < 1.29 is 15.0 Å². The van der Waals surface area contributed by atoms with E-state index in [-0.39, 0.29) is 12.2 Å². The Morgan fingerprint density at radius 1 is 1.32 bits per heavy atom. The lowest BCUT2D eigenvalue weighted by Crippen LogP contribution is -2.40. The lowest BCUT2D eigenvalue weighted by atomic mass is 9.98. The lowest BCUT2D eigenvalue weighted by molar-refractivity contribution is 0.0697. The smallest absolute Gasteiger partial charge is 0.335 e. The van der Waals surface area contributed by atoms with E-state index >= 15 is 0 Å². The van der Waals surface area contributed by atoms with Crippen LogP contribution in [0, 0.1) is 0 Å². The van der Waals surface area contributed by atoms with Crippen LogP contribution in [0.5, 0.6) is 0 Å². The van der Waals surface area contributed by atoms with Crippen molar-refractivity contribution in [2.75, 3.05) is 18.1 Å². The molecule has 1 aromatic heterocycles. The Balaban J connectivity index is 2.04. The molecule has 2 aromatic rings. The van der Waals surface area contributed by atoms with Crippen molar-refractivity contribution in [1.29, 1.82) is 0 Å². The van der Waals surface area contributed by atoms with Crippen molar-refractivity contribution in [3.63, 3.8) is 0 Å². The SMILES string of the molecule is O=C(O)c1ccc2c(N3CCCCC3CCO)nccc2c1. The Morgan fingerprint density at radius 3 is 2.95 bits per heavy atom. The number of aromatic carboxylic acids is 1. The van der Waals surface area contributed by atoms with Gasteiger partial charge in [-0.3, -0.25) is 0 Å². The normalized spacial score (nSPS) is 18.6. The van der Waals surface area contributed by atoms with E-state index in [9.17, 15) is 9.90 Å². The highest BCUT2D eigenvalue weighted by atomic mass is 16.4. The number of carbonyl (C=O) groups is 1. The fourth-order valence-corrected chi connectivity index (χ4v) is 3.25. The molecule has 1 aromatic carbocycles. The second kappa shape index (κ2) is 6.32. The summed E-state index contributed by atoms with van der Waals surface area (Å²) in [5.41, 5.74) is 0.287. The van der Waals surface area contributed by atoms with E-state index in [4.69, 9.17) is 5.11 Å². The summed E-state index contributed by atoms with van der Waals surface area (Å²) < 4.78 is 0. The van der Waals surface area contributed by atoms with Crippen molar-refractivity contribution in [3.05, 3.63) is 36.0 Å². The molecule has 2 N–H and O–H groups in total. The summed E-state index contributed by atoms with van der Waals surface area (Å²) in [6, 6.07) is 7.30. The Kier molecular flexibility index (Phi) is 4.24. The predicted octanol–water partition coefficient (Wildman–Crippen LogP) is 2.67. The fourth-order valence-electron chi connectivity index (χ4n) is 3.25. The van der Waals surface area contributed by atoms with E-state index in [0.29, 0.717) is 6.04 Å². The van der Waals surface area contributed by atoms with Gasteiger partial charge in [0.2, 0.25) is 0 Å². The highest BCUT2D eigenvalue weighted by molar-refractivity contribution is 5.98. The maximum absolute atomic E-state index is 11.1. The van der Waals surface area contributed by atoms with Crippen molar-refractivity contribution in [2.45, 2.75) is 31.7 Å². The number of nitrogens with zero attached hydrogens (tertiary/aromatic N) is 2. The van der Waals surface area contributed by atoms with Gasteiger partial charge in [-0.05, 0) is 55.3 Å². The molecule has 0 aliphatic carbocycles. The Morgan fingerprint density at radius 2 is 2.18 bits per heavy atom. The Hall–Kier alpha value is -2.14. The van der Waals surface area contributed by atoms with E-state index in [2.05, 4.69) is 9.88 Å². The molecule has 1 aliphatic heterocycles. The van der Waals surface area contributed by atoms with Crippen molar-refractivity contribution >= 4 is 22.6 Å². The maximum atomic E-state index is 11.1. The maximum Gasteiger partial charge on any atom is 0.335 e. The zero-order valence-corrected chi connectivity index (χ0v) is 12.4. The monoisotopic (exact) mass is 300 g/mol. The second-order valence-electron chi connectivity index (χ2n) is 5.73. The number of carboxylic acids is 1. The van der Waals surface area contributed by atoms with Gasteiger partial charge in [-0.1, -0.05) is 0 Å². The Labute approximate surface area is 129 Å². The number of anilines is 1. The second-order valence-corrected chi connectivity index (χ2v) is 5.73. The van der Waals surface area contributed by atoms with Crippen LogP contribution in [0.15, 0.2) is 30.5 Å². The van der Waals surface area contributed by atoms with Crippen molar-refractivity contribution in [3.8, 4) is 0 Å². The first-order valence-corrected chi connectivity index (χ1v) is 7.70. The molecular formula is C17H20N2O3. The van der Waals surface area contributed by atoms with Crippen LogP contribution in [0.2, 0.25) is 0 Å². The molecule has 1 unspecified atom stereocenters. The number of aliphatic hydroxyl groups is 1. The zero-order valence-electron chi connectivity index (χ0n) is 12.4. The first-order chi connectivity index (χ1) is 10.7. The van der Waals surface area contributed by atoms with Crippen LogP contribution in [0.4, 0.5) is 5.82 Å². The van der Waals surface area contributed by atoms with Gasteiger partial charge in [-0.25, -0.2) is 9.78 Å². The topological polar surface area (TPSA) is 73.7 Å². The van der Waals surface area contributed by atoms with Crippen LogP contribution < -0.4 is 4.90 Å². The van der Waals surface area contributed by atoms with Crippen LogP contribution in [-0.2, 0) is 0 Å². The molecule has 5 nitrogen and oxygen atoms in total. The molecule has 0 bridgehead atoms. The molecule has 0 saturated carbocycles. The molecule has 0 radical (unpaired) electrons. The van der Waals surface area contributed by atoms with Crippen LogP contribution in [0.25, 0.3) is 10.8 Å². The van der Waals surface area contributed by atoms with Crippen LogP contribution in [0.1, 0.15) is 36.0 Å². The van der Waals surface area contributed by atoms with Gasteiger partial charge >= 0.3 is 5.97 Å². The van der Waals surface area contributed by atoms with Gasteiger partial charge in [-0.2, -0.15) is 0 Å². The average Bonchev–Trinajstić information content (AvgIpc) is 2.54. The number of hydrogen-bond acceptors (Lipinski definition) is 4. The lowest BCUT2D eigenvalue weighted by Gasteiger charge is -2.37. The average molecular weight is 300 g/mol. The van der Waals surface area contributed by atoms with Crippen LogP contribution in [-0.4, -0.2) is 40.4 Å². The van der Waals surface area contributed by atoms with E-state index in [1.807, 2.05) is 12.1 Å². The van der Waals surface area contributed by atoms with E-state index in [0.717, 1.165) is 42.4 Å². The summed E-state index contributed by atoms with van der Waals surface area (Å²) in [5, 5.41) is 20.3. The van der Waals surface area contributed by atoms with Gasteiger partial charge in [0.1, 0.15) is 5.82 Å². The first-order valence-electron chi connectivity index (χ1n) is 7.70. The molecule has 0 spiro atoms. The molecular weight excluding hydrogens is 280 g/mol. The molecule has 22 heavy (non-hydrogen) atoms. The number of piperidine rings is 1. The van der Waals surface area contributed by atoms with Crippen LogP contribution >= 0.6 is 0 Å². The third kappa shape index (κ3) is 2.76. The summed E-state index contributed by atoms with van der Waals surface area (Å²) in [7, 11) is 0. The van der Waals surface area contributed by atoms with Crippen molar-refractivity contribution in [1.82, 2.24) is 4.98 Å². The number of aromatic nitrogens is 1. The van der Waals surface area contributed by atoms with Gasteiger partial charge < -0.3 is 15.1 Å². The number of benzene rings is 1. The van der Waals surface area contributed by atoms with Gasteiger partial charge in [0.15, 0.2) is 0 Å². The number of aliphatic hydroxyl groups excluding tert-OH is 1. The van der Waals surface area contributed by atoms with Crippen LogP contribution in [0.3, 0.4) is 0 Å². The molecule has 1 atom stereocenters. The summed E-state index contributed by atoms with van der Waals surface area (Å²) in [4.78, 5) is 17.9. The molecule has 0 amide bonds. The number of hydrogen-bond donors (Lipinski definition) is 2. The molecule has 1 aliphatic rings. The minimum Gasteiger partial charge on any atom is -0.478 e. The summed E-state index contributed by atoms with van der Waals surface area (Å²) in [6.45, 7) is 1.10. The molecule has 1 fully saturated rings. The van der Waals surface area contributed by atoms with Gasteiger partial charge in [-0.15, -0.1) is 0 Å². The number of carboxylic acid groups (broad SMARTS) is 1. The highest BCUT2D eigenvalue weighted by Gasteiger charge is 2.24. The van der Waals surface area contributed by atoms with Gasteiger partial charge in [0, 0.05) is 30.8 Å². The first kappa shape index (κ1) is 14.8. The van der Waals surface area contributed by atoms with Gasteiger partial charge in [0.25, 0.3) is 0 Å². The molecule has 1 saturated heterocycles. The van der Waals surface area contributed by atoms with Crippen molar-refractivity contribution in [2.24, 2.45) is 0 Å². The van der Waals surface area contributed by atoms with E-state index in [1.165, 1.54) is 6.42 Å². The number of pyridine rings is 1. The standard InChI is InChI=1S/C17H20N2O3/c20-10-7-14-3-1-2-9-19(14)16-15-5-4-13(17(21)22)11-12(15)6-8-18-16/h4-6,8,11,14,20H,1-3,7,9-10H2,(H,21,22). The summed E-state index contributed by atoms with van der Waals surface area (Å²) >= 11 is 0. The minimum atomic E-state index is -0.920.